The Kier molecular flexibility index (Phi) is 5.56. The first-order chi connectivity index (χ1) is 11.7. The van der Waals surface area contributed by atoms with Gasteiger partial charge in [0, 0.05) is 45.1 Å². The second kappa shape index (κ2) is 8.04. The summed E-state index contributed by atoms with van der Waals surface area (Å²) in [6.45, 7) is 3.98. The minimum absolute atomic E-state index is 0.0207. The lowest BCUT2D eigenvalue weighted by Gasteiger charge is -2.35. The van der Waals surface area contributed by atoms with E-state index in [1.54, 1.807) is 6.20 Å². The Morgan fingerprint density at radius 1 is 1.08 bits per heavy atom. The predicted octanol–water partition coefficient (Wildman–Crippen LogP) is 1.85. The van der Waals surface area contributed by atoms with Crippen molar-refractivity contribution in [3.63, 3.8) is 0 Å². The molecular weight excluding hydrogens is 302 g/mol. The van der Waals surface area contributed by atoms with Gasteiger partial charge in [-0.3, -0.25) is 14.7 Å². The van der Waals surface area contributed by atoms with Crippen molar-refractivity contribution in [1.29, 1.82) is 0 Å². The van der Waals surface area contributed by atoms with Gasteiger partial charge in [-0.2, -0.15) is 0 Å². The number of nitrogens with zero attached hydrogens (tertiary/aromatic N) is 3. The lowest BCUT2D eigenvalue weighted by atomic mass is 10.1. The highest BCUT2D eigenvalue weighted by Crippen LogP contribution is 2.18. The van der Waals surface area contributed by atoms with Crippen LogP contribution in [-0.2, 0) is 11.3 Å². The molecule has 1 aliphatic rings. The molecule has 5 heteroatoms. The van der Waals surface area contributed by atoms with Crippen LogP contribution in [0.15, 0.2) is 54.9 Å². The molecule has 1 fully saturated rings. The molecule has 0 spiro atoms. The summed E-state index contributed by atoms with van der Waals surface area (Å²) < 4.78 is 0. The Balaban J connectivity index is 1.47. The van der Waals surface area contributed by atoms with Gasteiger partial charge in [0.1, 0.15) is 0 Å². The van der Waals surface area contributed by atoms with Crippen molar-refractivity contribution in [1.82, 2.24) is 14.8 Å². The average molecular weight is 325 g/mol. The molecule has 24 heavy (non-hydrogen) atoms. The third-order valence-electron chi connectivity index (χ3n) is 4.41. The molecule has 1 saturated heterocycles. The van der Waals surface area contributed by atoms with Crippen LogP contribution < -0.4 is 0 Å². The van der Waals surface area contributed by atoms with Crippen molar-refractivity contribution in [2.75, 3.05) is 26.2 Å². The normalized spacial score (nSPS) is 16.8. The molecule has 1 aromatic heterocycles. The molecule has 0 saturated carbocycles. The molecule has 0 aliphatic carbocycles. The number of aliphatic hydroxyl groups excluding tert-OH is 1. The summed E-state index contributed by atoms with van der Waals surface area (Å²) in [5.74, 6) is 0.0207. The van der Waals surface area contributed by atoms with Crippen LogP contribution in [0.4, 0.5) is 0 Å². The summed E-state index contributed by atoms with van der Waals surface area (Å²) in [7, 11) is 0. The van der Waals surface area contributed by atoms with Gasteiger partial charge in [0.25, 0.3) is 0 Å². The Morgan fingerprint density at radius 2 is 1.83 bits per heavy atom. The van der Waals surface area contributed by atoms with E-state index in [2.05, 4.69) is 16.0 Å². The van der Waals surface area contributed by atoms with Crippen LogP contribution in [0.2, 0.25) is 0 Å². The number of aliphatic hydroxyl groups is 1. The Hall–Kier alpha value is -2.24. The molecule has 1 amide bonds. The highest BCUT2D eigenvalue weighted by molar-refractivity contribution is 5.77. The van der Waals surface area contributed by atoms with Crippen molar-refractivity contribution < 1.29 is 9.90 Å². The fourth-order valence-electron chi connectivity index (χ4n) is 2.99. The van der Waals surface area contributed by atoms with E-state index < -0.39 is 6.10 Å². The van der Waals surface area contributed by atoms with Gasteiger partial charge in [0.2, 0.25) is 5.91 Å². The zero-order chi connectivity index (χ0) is 16.8. The Labute approximate surface area is 142 Å². The molecule has 1 aromatic carbocycles. The van der Waals surface area contributed by atoms with Gasteiger partial charge in [0.05, 0.1) is 12.5 Å². The highest BCUT2D eigenvalue weighted by Gasteiger charge is 2.23. The van der Waals surface area contributed by atoms with Gasteiger partial charge in [-0.1, -0.05) is 36.4 Å². The number of hydrogen-bond acceptors (Lipinski definition) is 4. The maximum Gasteiger partial charge on any atom is 0.225 e. The number of rotatable bonds is 5. The minimum Gasteiger partial charge on any atom is -0.388 e. The Morgan fingerprint density at radius 3 is 2.50 bits per heavy atom. The van der Waals surface area contributed by atoms with E-state index in [9.17, 15) is 9.90 Å². The van der Waals surface area contributed by atoms with E-state index in [0.29, 0.717) is 13.1 Å². The van der Waals surface area contributed by atoms with E-state index in [-0.39, 0.29) is 12.3 Å². The fourth-order valence-corrected chi connectivity index (χ4v) is 2.99. The van der Waals surface area contributed by atoms with Crippen LogP contribution in [0, 0.1) is 0 Å². The molecule has 0 radical (unpaired) electrons. The van der Waals surface area contributed by atoms with Crippen molar-refractivity contribution in [3.05, 3.63) is 66.0 Å². The smallest absolute Gasteiger partial charge is 0.225 e. The Bertz CT molecular complexity index is 640. The van der Waals surface area contributed by atoms with Crippen molar-refractivity contribution in [3.8, 4) is 0 Å². The van der Waals surface area contributed by atoms with E-state index >= 15 is 0 Å². The van der Waals surface area contributed by atoms with Gasteiger partial charge in [0.15, 0.2) is 0 Å². The third kappa shape index (κ3) is 4.40. The van der Waals surface area contributed by atoms with E-state index in [0.717, 1.165) is 25.2 Å². The summed E-state index contributed by atoms with van der Waals surface area (Å²) >= 11 is 0. The lowest BCUT2D eigenvalue weighted by molar-refractivity contribution is -0.135. The fraction of sp³-hybridized carbons (Fsp3) is 0.368. The standard InChI is InChI=1S/C19H23N3O2/c23-18(17-6-2-1-3-7-17)13-19(24)22-11-9-21(10-12-22)15-16-5-4-8-20-14-16/h1-8,14,18,23H,9-13,15H2. The maximum atomic E-state index is 12.4. The first-order valence-electron chi connectivity index (χ1n) is 8.34. The maximum absolute atomic E-state index is 12.4. The highest BCUT2D eigenvalue weighted by atomic mass is 16.3. The molecule has 2 heterocycles. The van der Waals surface area contributed by atoms with Crippen LogP contribution in [0.25, 0.3) is 0 Å². The topological polar surface area (TPSA) is 56.7 Å². The number of aromatic nitrogens is 1. The molecule has 0 bridgehead atoms. The van der Waals surface area contributed by atoms with E-state index in [4.69, 9.17) is 0 Å². The summed E-state index contributed by atoms with van der Waals surface area (Å²) in [6.07, 6.45) is 3.07. The molecule has 1 unspecified atom stereocenters. The van der Waals surface area contributed by atoms with Gasteiger partial charge in [-0.25, -0.2) is 0 Å². The number of hydrogen-bond donors (Lipinski definition) is 1. The second-order valence-corrected chi connectivity index (χ2v) is 6.15. The number of benzene rings is 1. The first kappa shape index (κ1) is 16.6. The summed E-state index contributed by atoms with van der Waals surface area (Å²) in [5, 5.41) is 10.2. The molecule has 1 aliphatic heterocycles. The van der Waals surface area contributed by atoms with Crippen LogP contribution >= 0.6 is 0 Å². The second-order valence-electron chi connectivity index (χ2n) is 6.15. The van der Waals surface area contributed by atoms with Crippen molar-refractivity contribution >= 4 is 5.91 Å². The van der Waals surface area contributed by atoms with Gasteiger partial charge < -0.3 is 10.0 Å². The summed E-state index contributed by atoms with van der Waals surface area (Å²) in [5.41, 5.74) is 1.98. The molecule has 1 atom stereocenters. The zero-order valence-electron chi connectivity index (χ0n) is 13.7. The average Bonchev–Trinajstić information content (AvgIpc) is 2.64. The van der Waals surface area contributed by atoms with Crippen LogP contribution in [0.3, 0.4) is 0 Å². The first-order valence-corrected chi connectivity index (χ1v) is 8.34. The quantitative estimate of drug-likeness (QED) is 0.911. The number of pyridine rings is 1. The van der Waals surface area contributed by atoms with E-state index in [1.165, 1.54) is 5.56 Å². The molecule has 2 aromatic rings. The molecule has 3 rings (SSSR count). The summed E-state index contributed by atoms with van der Waals surface area (Å²) in [6, 6.07) is 13.4. The zero-order valence-corrected chi connectivity index (χ0v) is 13.7. The molecule has 5 nitrogen and oxygen atoms in total. The number of amides is 1. The minimum atomic E-state index is -0.730. The SMILES string of the molecule is O=C(CC(O)c1ccccc1)N1CCN(Cc2cccnc2)CC1. The van der Waals surface area contributed by atoms with Gasteiger partial charge in [-0.15, -0.1) is 0 Å². The molecule has 1 N–H and O–H groups in total. The lowest BCUT2D eigenvalue weighted by Crippen LogP contribution is -2.48. The molecule has 126 valence electrons. The largest absolute Gasteiger partial charge is 0.388 e. The predicted molar refractivity (Wildman–Crippen MR) is 92.1 cm³/mol. The van der Waals surface area contributed by atoms with Crippen molar-refractivity contribution in [2.24, 2.45) is 0 Å². The van der Waals surface area contributed by atoms with Crippen LogP contribution in [-0.4, -0.2) is 52.0 Å². The monoisotopic (exact) mass is 325 g/mol. The van der Waals surface area contributed by atoms with Gasteiger partial charge in [-0.05, 0) is 17.2 Å². The van der Waals surface area contributed by atoms with Crippen LogP contribution in [0.5, 0.6) is 0 Å². The van der Waals surface area contributed by atoms with Gasteiger partial charge >= 0.3 is 0 Å². The number of carbonyl (C=O) groups is 1. The van der Waals surface area contributed by atoms with Crippen LogP contribution in [0.1, 0.15) is 23.7 Å². The van der Waals surface area contributed by atoms with Crippen molar-refractivity contribution in [2.45, 2.75) is 19.1 Å². The van der Waals surface area contributed by atoms with E-state index in [1.807, 2.05) is 47.5 Å². The third-order valence-corrected chi connectivity index (χ3v) is 4.41. The summed E-state index contributed by atoms with van der Waals surface area (Å²) in [4.78, 5) is 20.7. The molecular formula is C19H23N3O2. The number of carbonyl (C=O) groups excluding carboxylic acids is 1. The number of piperazine rings is 1.